The van der Waals surface area contributed by atoms with Gasteiger partial charge >= 0.3 is 0 Å². The quantitative estimate of drug-likeness (QED) is 0.472. The van der Waals surface area contributed by atoms with E-state index in [1.165, 1.54) is 25.7 Å². The SMILES string of the molecule is CCCCCC/C(Cl)=C(\Br)I. The number of unbranched alkanes of at least 4 members (excludes halogenated alkanes) is 3. The zero-order valence-electron chi connectivity index (χ0n) is 6.67. The highest BCUT2D eigenvalue weighted by atomic mass is 127. The van der Waals surface area contributed by atoms with Gasteiger partial charge in [0, 0.05) is 5.03 Å². The molecule has 0 aliphatic carbocycles. The van der Waals surface area contributed by atoms with E-state index in [4.69, 9.17) is 11.6 Å². The third kappa shape index (κ3) is 7.60. The highest BCUT2D eigenvalue weighted by Gasteiger charge is 1.96. The Hall–Kier alpha value is 1.24. The zero-order chi connectivity index (χ0) is 8.69. The Morgan fingerprint density at radius 2 is 2.00 bits per heavy atom. The fourth-order valence-electron chi connectivity index (χ4n) is 0.801. The second-order valence-electron chi connectivity index (χ2n) is 2.48. The van der Waals surface area contributed by atoms with E-state index in [-0.39, 0.29) is 0 Å². The van der Waals surface area contributed by atoms with E-state index < -0.39 is 0 Å². The molecule has 0 bridgehead atoms. The predicted octanol–water partition coefficient (Wildman–Crippen LogP) is 5.19. The van der Waals surface area contributed by atoms with Gasteiger partial charge in [0.05, 0.1) is 2.49 Å². The summed E-state index contributed by atoms with van der Waals surface area (Å²) in [5.41, 5.74) is 0. The molecule has 0 spiro atoms. The second-order valence-corrected chi connectivity index (χ2v) is 6.29. The smallest absolute Gasteiger partial charge is 0.0704 e. The largest absolute Gasteiger partial charge is 0.0874 e. The standard InChI is InChI=1S/C8H13BrClI/c1-2-3-4-5-6-7(10)8(9)11/h2-6H2,1H3/b8-7-. The maximum absolute atomic E-state index is 5.92. The fourth-order valence-corrected chi connectivity index (χ4v) is 1.40. The average molecular weight is 351 g/mol. The first-order valence-electron chi connectivity index (χ1n) is 3.88. The van der Waals surface area contributed by atoms with Gasteiger partial charge in [-0.3, -0.25) is 0 Å². The van der Waals surface area contributed by atoms with Crippen LogP contribution >= 0.6 is 50.1 Å². The summed E-state index contributed by atoms with van der Waals surface area (Å²) in [6.45, 7) is 2.21. The molecule has 0 aliphatic rings. The number of rotatable bonds is 5. The van der Waals surface area contributed by atoms with Crippen molar-refractivity contribution in [1.29, 1.82) is 0 Å². The molecule has 11 heavy (non-hydrogen) atoms. The molecule has 0 radical (unpaired) electrons. The van der Waals surface area contributed by atoms with Crippen LogP contribution in [0.1, 0.15) is 39.0 Å². The highest BCUT2D eigenvalue weighted by Crippen LogP contribution is 2.26. The summed E-state index contributed by atoms with van der Waals surface area (Å²) in [7, 11) is 0. The lowest BCUT2D eigenvalue weighted by Gasteiger charge is -1.98. The van der Waals surface area contributed by atoms with Crippen molar-refractivity contribution >= 4 is 50.1 Å². The second kappa shape index (κ2) is 7.87. The normalized spacial score (nSPS) is 13.1. The van der Waals surface area contributed by atoms with Gasteiger partial charge in [-0.05, 0) is 51.4 Å². The van der Waals surface area contributed by atoms with Crippen molar-refractivity contribution in [3.8, 4) is 0 Å². The molecule has 0 heterocycles. The van der Waals surface area contributed by atoms with Crippen LogP contribution in [0.25, 0.3) is 0 Å². The van der Waals surface area contributed by atoms with Crippen molar-refractivity contribution in [2.45, 2.75) is 39.0 Å². The summed E-state index contributed by atoms with van der Waals surface area (Å²) >= 11 is 11.5. The summed E-state index contributed by atoms with van der Waals surface area (Å²) in [4.78, 5) is 0. The van der Waals surface area contributed by atoms with Crippen LogP contribution in [-0.2, 0) is 0 Å². The predicted molar refractivity (Wildman–Crippen MR) is 64.6 cm³/mol. The lowest BCUT2D eigenvalue weighted by molar-refractivity contribution is 0.672. The van der Waals surface area contributed by atoms with Gasteiger partial charge in [-0.15, -0.1) is 0 Å². The molecule has 0 aliphatic heterocycles. The molecule has 0 saturated heterocycles. The molecule has 0 aromatic heterocycles. The van der Waals surface area contributed by atoms with Gasteiger partial charge in [0.2, 0.25) is 0 Å². The molecule has 0 aromatic rings. The van der Waals surface area contributed by atoms with Crippen LogP contribution in [0.15, 0.2) is 7.52 Å². The number of hydrogen-bond donors (Lipinski definition) is 0. The third-order valence-electron chi connectivity index (χ3n) is 1.45. The van der Waals surface area contributed by atoms with Gasteiger partial charge in [0.25, 0.3) is 0 Å². The lowest BCUT2D eigenvalue weighted by atomic mass is 10.1. The number of allylic oxidation sites excluding steroid dienone is 1. The monoisotopic (exact) mass is 350 g/mol. The van der Waals surface area contributed by atoms with Gasteiger partial charge in [0.1, 0.15) is 0 Å². The molecule has 0 N–H and O–H groups in total. The summed E-state index contributed by atoms with van der Waals surface area (Å²) in [6.07, 6.45) is 6.13. The van der Waals surface area contributed by atoms with Crippen LogP contribution in [0, 0.1) is 0 Å². The van der Waals surface area contributed by atoms with Crippen LogP contribution in [0.4, 0.5) is 0 Å². The molecular formula is C8H13BrClI. The molecule has 0 unspecified atom stereocenters. The molecule has 0 saturated carbocycles. The van der Waals surface area contributed by atoms with E-state index in [2.05, 4.69) is 45.4 Å². The van der Waals surface area contributed by atoms with Gasteiger partial charge in [-0.25, -0.2) is 0 Å². The molecular weight excluding hydrogens is 338 g/mol. The lowest BCUT2D eigenvalue weighted by Crippen LogP contribution is -1.77. The summed E-state index contributed by atoms with van der Waals surface area (Å²) in [5.74, 6) is 0. The van der Waals surface area contributed by atoms with E-state index >= 15 is 0 Å². The number of hydrogen-bond acceptors (Lipinski definition) is 0. The summed E-state index contributed by atoms with van der Waals surface area (Å²) < 4.78 is 1.05. The Labute approximate surface area is 96.0 Å². The molecule has 0 aromatic carbocycles. The van der Waals surface area contributed by atoms with Gasteiger partial charge in [0.15, 0.2) is 0 Å². The minimum absolute atomic E-state index is 0.960. The molecule has 0 rings (SSSR count). The molecule has 0 amide bonds. The van der Waals surface area contributed by atoms with Crippen molar-refractivity contribution in [1.82, 2.24) is 0 Å². The third-order valence-corrected chi connectivity index (χ3v) is 3.51. The summed E-state index contributed by atoms with van der Waals surface area (Å²) in [6, 6.07) is 0. The van der Waals surface area contributed by atoms with E-state index in [9.17, 15) is 0 Å². The summed E-state index contributed by atoms with van der Waals surface area (Å²) in [5, 5.41) is 0.960. The van der Waals surface area contributed by atoms with Crippen LogP contribution in [0.3, 0.4) is 0 Å². The fraction of sp³-hybridized carbons (Fsp3) is 0.750. The molecule has 66 valence electrons. The van der Waals surface area contributed by atoms with Gasteiger partial charge in [-0.2, -0.15) is 0 Å². The Morgan fingerprint density at radius 1 is 1.36 bits per heavy atom. The Balaban J connectivity index is 3.32. The van der Waals surface area contributed by atoms with Crippen LogP contribution in [-0.4, -0.2) is 0 Å². The van der Waals surface area contributed by atoms with Crippen molar-refractivity contribution in [3.63, 3.8) is 0 Å². The van der Waals surface area contributed by atoms with E-state index in [1.54, 1.807) is 0 Å². The molecule has 0 atom stereocenters. The minimum Gasteiger partial charge on any atom is -0.0874 e. The van der Waals surface area contributed by atoms with Crippen LogP contribution in [0.5, 0.6) is 0 Å². The van der Waals surface area contributed by atoms with Gasteiger partial charge < -0.3 is 0 Å². The maximum atomic E-state index is 5.92. The first-order chi connectivity index (χ1) is 5.18. The van der Waals surface area contributed by atoms with Crippen molar-refractivity contribution in [2.75, 3.05) is 0 Å². The Kier molecular flexibility index (Phi) is 8.75. The molecule has 0 fully saturated rings. The Bertz CT molecular complexity index is 130. The van der Waals surface area contributed by atoms with E-state index in [0.717, 1.165) is 13.9 Å². The first kappa shape index (κ1) is 12.2. The number of halogens is 3. The van der Waals surface area contributed by atoms with Crippen LogP contribution in [0.2, 0.25) is 0 Å². The minimum atomic E-state index is 0.960. The molecule has 3 heteroatoms. The molecule has 0 nitrogen and oxygen atoms in total. The van der Waals surface area contributed by atoms with E-state index in [1.807, 2.05) is 0 Å². The van der Waals surface area contributed by atoms with Crippen molar-refractivity contribution in [2.24, 2.45) is 0 Å². The average Bonchev–Trinajstić information content (AvgIpc) is 1.97. The van der Waals surface area contributed by atoms with E-state index in [0.29, 0.717) is 0 Å². The van der Waals surface area contributed by atoms with Crippen molar-refractivity contribution < 1.29 is 0 Å². The topological polar surface area (TPSA) is 0 Å². The maximum Gasteiger partial charge on any atom is 0.0704 e. The Morgan fingerprint density at radius 3 is 2.45 bits per heavy atom. The first-order valence-corrected chi connectivity index (χ1v) is 6.13. The van der Waals surface area contributed by atoms with Gasteiger partial charge in [-0.1, -0.05) is 37.8 Å². The zero-order valence-corrected chi connectivity index (χ0v) is 11.2. The van der Waals surface area contributed by atoms with Crippen molar-refractivity contribution in [3.05, 3.63) is 7.52 Å². The van der Waals surface area contributed by atoms with Crippen LogP contribution < -0.4 is 0 Å². The highest BCUT2D eigenvalue weighted by molar-refractivity contribution is 14.1.